The number of benzene rings is 3. The van der Waals surface area contributed by atoms with Crippen molar-refractivity contribution in [2.24, 2.45) is 0 Å². The van der Waals surface area contributed by atoms with Gasteiger partial charge in [-0.25, -0.2) is 4.39 Å². The van der Waals surface area contributed by atoms with Crippen LogP contribution in [0.25, 0.3) is 5.69 Å². The van der Waals surface area contributed by atoms with E-state index in [2.05, 4.69) is 36.8 Å². The third-order valence-electron chi connectivity index (χ3n) is 5.02. The van der Waals surface area contributed by atoms with Crippen LogP contribution < -0.4 is 14.8 Å². The molecule has 182 valence electrons. The number of nitrogens with zero attached hydrogens (tertiary/aromatic N) is 4. The molecule has 0 unspecified atom stereocenters. The Morgan fingerprint density at radius 2 is 1.77 bits per heavy atom. The van der Waals surface area contributed by atoms with Crippen molar-refractivity contribution < 1.29 is 13.9 Å². The molecule has 4 rings (SSSR count). The molecule has 35 heavy (non-hydrogen) atoms. The van der Waals surface area contributed by atoms with Gasteiger partial charge in [0.2, 0.25) is 5.16 Å². The van der Waals surface area contributed by atoms with Gasteiger partial charge in [-0.1, -0.05) is 64.1 Å². The fourth-order valence-corrected chi connectivity index (χ4v) is 4.55. The van der Waals surface area contributed by atoms with Gasteiger partial charge in [-0.3, -0.25) is 0 Å². The van der Waals surface area contributed by atoms with Gasteiger partial charge in [-0.05, 0) is 53.2 Å². The summed E-state index contributed by atoms with van der Waals surface area (Å²) in [5, 5.41) is 16.2. The molecule has 0 saturated heterocycles. The van der Waals surface area contributed by atoms with Gasteiger partial charge in [0.25, 0.3) is 0 Å². The molecule has 0 atom stereocenters. The molecule has 1 aromatic heterocycles. The fourth-order valence-electron chi connectivity index (χ4n) is 3.30. The van der Waals surface area contributed by atoms with Crippen LogP contribution in [0.5, 0.6) is 11.5 Å². The van der Waals surface area contributed by atoms with E-state index in [1.807, 2.05) is 49.4 Å². The highest BCUT2D eigenvalue weighted by Crippen LogP contribution is 2.34. The number of para-hydroxylation sites is 1. The molecule has 1 heterocycles. The highest BCUT2D eigenvalue weighted by molar-refractivity contribution is 9.10. The van der Waals surface area contributed by atoms with E-state index in [1.165, 1.54) is 6.07 Å². The molecule has 0 saturated carbocycles. The normalized spacial score (nSPS) is 10.9. The van der Waals surface area contributed by atoms with Gasteiger partial charge in [0.1, 0.15) is 12.4 Å². The van der Waals surface area contributed by atoms with Crippen LogP contribution in [-0.4, -0.2) is 39.1 Å². The van der Waals surface area contributed by atoms with E-state index in [-0.39, 0.29) is 12.4 Å². The number of hydrogen-bond acceptors (Lipinski definition) is 7. The first-order valence-electron chi connectivity index (χ1n) is 11.1. The number of tetrazole rings is 1. The molecule has 0 bridgehead atoms. The van der Waals surface area contributed by atoms with Gasteiger partial charge in [-0.2, -0.15) is 4.68 Å². The minimum Gasteiger partial charge on any atom is -0.490 e. The second-order valence-electron chi connectivity index (χ2n) is 7.44. The zero-order valence-electron chi connectivity index (χ0n) is 19.2. The Morgan fingerprint density at radius 1 is 1.00 bits per heavy atom. The SMILES string of the molecule is CCOc1cc(CNCCSc2nnnn2-c2ccccc2)c(Br)cc1OCc1ccccc1F. The second kappa shape index (κ2) is 12.7. The number of hydrogen-bond donors (Lipinski definition) is 1. The van der Waals surface area contributed by atoms with Crippen molar-refractivity contribution in [2.75, 3.05) is 18.9 Å². The Balaban J connectivity index is 1.32. The van der Waals surface area contributed by atoms with Crippen molar-refractivity contribution in [2.45, 2.75) is 25.2 Å². The van der Waals surface area contributed by atoms with Gasteiger partial charge >= 0.3 is 0 Å². The van der Waals surface area contributed by atoms with Crippen LogP contribution in [0.15, 0.2) is 76.4 Å². The first-order valence-corrected chi connectivity index (χ1v) is 12.9. The third-order valence-corrected chi connectivity index (χ3v) is 6.68. The zero-order chi connectivity index (χ0) is 24.5. The molecule has 0 aliphatic carbocycles. The van der Waals surface area contributed by atoms with E-state index < -0.39 is 0 Å². The summed E-state index contributed by atoms with van der Waals surface area (Å²) in [6.07, 6.45) is 0. The number of nitrogens with one attached hydrogen (secondary N) is 1. The summed E-state index contributed by atoms with van der Waals surface area (Å²) >= 11 is 5.21. The lowest BCUT2D eigenvalue weighted by Gasteiger charge is -2.16. The van der Waals surface area contributed by atoms with Gasteiger partial charge in [-0.15, -0.1) is 5.10 Å². The summed E-state index contributed by atoms with van der Waals surface area (Å²) in [6, 6.07) is 20.2. The smallest absolute Gasteiger partial charge is 0.214 e. The Labute approximate surface area is 216 Å². The first-order chi connectivity index (χ1) is 17.2. The lowest BCUT2D eigenvalue weighted by molar-refractivity contribution is 0.265. The Morgan fingerprint density at radius 3 is 2.57 bits per heavy atom. The molecule has 4 aromatic rings. The van der Waals surface area contributed by atoms with E-state index >= 15 is 0 Å². The summed E-state index contributed by atoms with van der Waals surface area (Å²) in [5.41, 5.74) is 2.45. The van der Waals surface area contributed by atoms with Gasteiger partial charge in [0.15, 0.2) is 11.5 Å². The summed E-state index contributed by atoms with van der Waals surface area (Å²) < 4.78 is 28.2. The van der Waals surface area contributed by atoms with Crippen LogP contribution in [0, 0.1) is 5.82 Å². The lowest BCUT2D eigenvalue weighted by atomic mass is 10.2. The van der Waals surface area contributed by atoms with Crippen LogP contribution in [0.1, 0.15) is 18.1 Å². The maximum atomic E-state index is 13.9. The van der Waals surface area contributed by atoms with Crippen LogP contribution in [-0.2, 0) is 13.2 Å². The van der Waals surface area contributed by atoms with Crippen molar-refractivity contribution in [3.63, 3.8) is 0 Å². The van der Waals surface area contributed by atoms with E-state index in [0.29, 0.717) is 30.2 Å². The van der Waals surface area contributed by atoms with Crippen LogP contribution in [0.4, 0.5) is 4.39 Å². The van der Waals surface area contributed by atoms with Crippen LogP contribution >= 0.6 is 27.7 Å². The molecule has 3 aromatic carbocycles. The summed E-state index contributed by atoms with van der Waals surface area (Å²) in [7, 11) is 0. The third kappa shape index (κ3) is 6.81. The zero-order valence-corrected chi connectivity index (χ0v) is 21.6. The molecule has 0 spiro atoms. The van der Waals surface area contributed by atoms with Crippen molar-refractivity contribution in [1.82, 2.24) is 25.5 Å². The number of halogens is 2. The quantitative estimate of drug-likeness (QED) is 0.184. The molecule has 0 fully saturated rings. The summed E-state index contributed by atoms with van der Waals surface area (Å²) in [5.74, 6) is 1.70. The van der Waals surface area contributed by atoms with Gasteiger partial charge < -0.3 is 14.8 Å². The molecule has 7 nitrogen and oxygen atoms in total. The van der Waals surface area contributed by atoms with E-state index in [0.717, 1.165) is 33.2 Å². The minimum atomic E-state index is -0.291. The number of aromatic nitrogens is 4. The fraction of sp³-hybridized carbons (Fsp3) is 0.240. The predicted octanol–water partition coefficient (Wildman–Crippen LogP) is 5.42. The molecule has 0 aliphatic heterocycles. The highest BCUT2D eigenvalue weighted by atomic mass is 79.9. The second-order valence-corrected chi connectivity index (χ2v) is 9.35. The molecule has 10 heteroatoms. The summed E-state index contributed by atoms with van der Waals surface area (Å²) in [4.78, 5) is 0. The Bertz CT molecular complexity index is 1240. The number of thioether (sulfide) groups is 1. The molecule has 0 amide bonds. The average molecular weight is 558 g/mol. The Hall–Kier alpha value is -2.95. The minimum absolute atomic E-state index is 0.121. The molecule has 1 N–H and O–H groups in total. The van der Waals surface area contributed by atoms with Gasteiger partial charge in [0.05, 0.1) is 12.3 Å². The van der Waals surface area contributed by atoms with Crippen molar-refractivity contribution >= 4 is 27.7 Å². The maximum Gasteiger partial charge on any atom is 0.214 e. The maximum absolute atomic E-state index is 13.9. The largest absolute Gasteiger partial charge is 0.490 e. The highest BCUT2D eigenvalue weighted by Gasteiger charge is 2.13. The summed E-state index contributed by atoms with van der Waals surface area (Å²) in [6.45, 7) is 3.93. The van der Waals surface area contributed by atoms with E-state index in [1.54, 1.807) is 34.6 Å². The predicted molar refractivity (Wildman–Crippen MR) is 138 cm³/mol. The van der Waals surface area contributed by atoms with Gasteiger partial charge in [0, 0.05) is 28.9 Å². The number of ether oxygens (including phenoxy) is 2. The standard InChI is InChI=1S/C25H25BrFN5O2S/c1-2-33-23-14-19(21(26)15-24(23)34-17-18-8-6-7-11-22(18)27)16-28-12-13-35-25-29-30-31-32(25)20-9-4-3-5-10-20/h3-11,14-15,28H,2,12-13,16-17H2,1H3. The molecule has 0 aliphatic rings. The van der Waals surface area contributed by atoms with E-state index in [4.69, 9.17) is 9.47 Å². The van der Waals surface area contributed by atoms with Crippen LogP contribution in [0.3, 0.4) is 0 Å². The topological polar surface area (TPSA) is 74.1 Å². The number of rotatable bonds is 12. The molecule has 0 radical (unpaired) electrons. The average Bonchev–Trinajstić information content (AvgIpc) is 3.34. The monoisotopic (exact) mass is 557 g/mol. The lowest BCUT2D eigenvalue weighted by Crippen LogP contribution is -2.17. The van der Waals surface area contributed by atoms with Crippen molar-refractivity contribution in [3.05, 3.63) is 88.1 Å². The van der Waals surface area contributed by atoms with E-state index in [9.17, 15) is 4.39 Å². The molecular formula is C25H25BrFN5O2S. The van der Waals surface area contributed by atoms with Crippen LogP contribution in [0.2, 0.25) is 0 Å². The Kier molecular flexibility index (Phi) is 9.10. The molecular weight excluding hydrogens is 533 g/mol. The first kappa shape index (κ1) is 25.2. The van der Waals surface area contributed by atoms with Crippen molar-refractivity contribution in [1.29, 1.82) is 0 Å². The van der Waals surface area contributed by atoms with Crippen molar-refractivity contribution in [3.8, 4) is 17.2 Å².